The molecule has 1 amide bonds. The molecule has 0 N–H and O–H groups in total. The number of benzene rings is 2. The van der Waals surface area contributed by atoms with Crippen LogP contribution < -0.4 is 9.64 Å². The van der Waals surface area contributed by atoms with Gasteiger partial charge in [-0.25, -0.2) is 4.99 Å². The third-order valence-corrected chi connectivity index (χ3v) is 5.82. The van der Waals surface area contributed by atoms with E-state index in [9.17, 15) is 14.9 Å². The predicted octanol–water partition coefficient (Wildman–Crippen LogP) is 4.82. The van der Waals surface area contributed by atoms with Crippen LogP contribution in [-0.4, -0.2) is 34.0 Å². The van der Waals surface area contributed by atoms with Gasteiger partial charge in [-0.1, -0.05) is 18.2 Å². The molecule has 2 aliphatic heterocycles. The average molecular weight is 436 g/mol. The number of amides is 1. The van der Waals surface area contributed by atoms with Gasteiger partial charge >= 0.3 is 0 Å². The van der Waals surface area contributed by atoms with Gasteiger partial charge in [-0.2, -0.15) is 0 Å². The number of nitro benzene ring substituents is 1. The number of allylic oxidation sites excluding steroid dienone is 2. The number of amidine groups is 1. The van der Waals surface area contributed by atoms with Crippen molar-refractivity contribution < 1.29 is 14.5 Å². The maximum Gasteiger partial charge on any atom is 0.271 e. The Labute approximate surface area is 183 Å². The van der Waals surface area contributed by atoms with E-state index in [0.717, 1.165) is 18.0 Å². The van der Waals surface area contributed by atoms with Crippen LogP contribution in [0.1, 0.15) is 13.8 Å². The Kier molecular flexibility index (Phi) is 5.77. The second kappa shape index (κ2) is 8.65. The number of aliphatic imine (C=N–C) groups is 1. The normalized spacial score (nSPS) is 19.4. The van der Waals surface area contributed by atoms with Crippen LogP contribution >= 0.6 is 11.8 Å². The first-order valence-corrected chi connectivity index (χ1v) is 10.6. The van der Waals surface area contributed by atoms with E-state index in [1.54, 1.807) is 29.2 Å². The van der Waals surface area contributed by atoms with Crippen molar-refractivity contribution in [3.8, 4) is 5.75 Å². The van der Waals surface area contributed by atoms with Crippen LogP contribution in [0.3, 0.4) is 0 Å². The quantitative estimate of drug-likeness (QED) is 0.379. The highest BCUT2D eigenvalue weighted by Crippen LogP contribution is 2.39. The van der Waals surface area contributed by atoms with Gasteiger partial charge in [-0.15, -0.1) is 0 Å². The standard InChI is InChI=1S/C22H20N4O4S/c1-3-24-17-10-5-6-11-18(17)30-20(24)13-12-19-21(27)25(4-2)22(31-19)23-15-8-7-9-16(14-15)26(28)29/h5-14H,3-4H2,1-2H3. The second-order valence-corrected chi connectivity index (χ2v) is 7.68. The van der Waals surface area contributed by atoms with Crippen molar-refractivity contribution in [3.63, 3.8) is 0 Å². The van der Waals surface area contributed by atoms with Crippen molar-refractivity contribution in [1.82, 2.24) is 4.90 Å². The highest BCUT2D eigenvalue weighted by Gasteiger charge is 2.32. The number of carbonyl (C=O) groups excluding carboxylic acids is 1. The zero-order valence-electron chi connectivity index (χ0n) is 17.0. The lowest BCUT2D eigenvalue weighted by atomic mass is 10.3. The van der Waals surface area contributed by atoms with Crippen LogP contribution in [0.5, 0.6) is 5.75 Å². The van der Waals surface area contributed by atoms with Gasteiger partial charge in [-0.05, 0) is 49.9 Å². The molecule has 31 heavy (non-hydrogen) atoms. The number of fused-ring (bicyclic) bond motifs is 1. The summed E-state index contributed by atoms with van der Waals surface area (Å²) in [6.07, 6.45) is 3.52. The lowest BCUT2D eigenvalue weighted by Crippen LogP contribution is -2.28. The lowest BCUT2D eigenvalue weighted by Gasteiger charge is -2.14. The lowest BCUT2D eigenvalue weighted by molar-refractivity contribution is -0.384. The molecule has 0 bridgehead atoms. The Hall–Kier alpha value is -3.59. The van der Waals surface area contributed by atoms with Gasteiger partial charge in [0.25, 0.3) is 11.6 Å². The third kappa shape index (κ3) is 4.04. The fraction of sp³-hybridized carbons (Fsp3) is 0.182. The number of nitro groups is 1. The molecule has 2 heterocycles. The minimum Gasteiger partial charge on any atom is -0.439 e. The zero-order valence-corrected chi connectivity index (χ0v) is 17.8. The third-order valence-electron chi connectivity index (χ3n) is 4.80. The summed E-state index contributed by atoms with van der Waals surface area (Å²) in [5, 5.41) is 11.5. The van der Waals surface area contributed by atoms with Crippen LogP contribution in [0.25, 0.3) is 0 Å². The van der Waals surface area contributed by atoms with Crippen molar-refractivity contribution >= 4 is 39.9 Å². The van der Waals surface area contributed by atoms with Crippen molar-refractivity contribution in [2.24, 2.45) is 4.99 Å². The van der Waals surface area contributed by atoms with Crippen molar-refractivity contribution in [3.05, 3.63) is 81.6 Å². The maximum absolute atomic E-state index is 12.9. The summed E-state index contributed by atoms with van der Waals surface area (Å²) < 4.78 is 5.93. The molecule has 4 rings (SSSR count). The molecular weight excluding hydrogens is 416 g/mol. The Bertz CT molecular complexity index is 1140. The van der Waals surface area contributed by atoms with E-state index in [2.05, 4.69) is 4.99 Å². The minimum atomic E-state index is -0.467. The van der Waals surface area contributed by atoms with E-state index in [-0.39, 0.29) is 11.6 Å². The summed E-state index contributed by atoms with van der Waals surface area (Å²) in [4.78, 5) is 32.0. The predicted molar refractivity (Wildman–Crippen MR) is 121 cm³/mol. The van der Waals surface area contributed by atoms with Gasteiger partial charge in [0, 0.05) is 31.3 Å². The van der Waals surface area contributed by atoms with Gasteiger partial charge in [0.05, 0.1) is 21.2 Å². The molecule has 0 unspecified atom stereocenters. The number of non-ortho nitro benzene ring substituents is 1. The monoisotopic (exact) mass is 436 g/mol. The van der Waals surface area contributed by atoms with Gasteiger partial charge in [0.1, 0.15) is 0 Å². The van der Waals surface area contributed by atoms with Crippen LogP contribution in [0.4, 0.5) is 17.1 Å². The first-order valence-electron chi connectivity index (χ1n) is 9.81. The zero-order chi connectivity index (χ0) is 22.0. The molecule has 1 fully saturated rings. The van der Waals surface area contributed by atoms with Gasteiger partial charge in [0.2, 0.25) is 5.88 Å². The number of nitrogens with zero attached hydrogens (tertiary/aromatic N) is 4. The molecule has 0 atom stereocenters. The number of likely N-dealkylation sites (N-methyl/N-ethyl adjacent to an activating group) is 1. The Morgan fingerprint density at radius 1 is 1.10 bits per heavy atom. The Balaban J connectivity index is 1.61. The van der Waals surface area contributed by atoms with Gasteiger partial charge < -0.3 is 9.64 Å². The second-order valence-electron chi connectivity index (χ2n) is 6.67. The number of thioether (sulfide) groups is 1. The fourth-order valence-electron chi connectivity index (χ4n) is 3.32. The molecule has 2 aliphatic rings. The summed E-state index contributed by atoms with van der Waals surface area (Å²) in [6.45, 7) is 5.06. The number of rotatable bonds is 5. The van der Waals surface area contributed by atoms with Gasteiger partial charge in [-0.3, -0.25) is 19.8 Å². The fourth-order valence-corrected chi connectivity index (χ4v) is 4.32. The molecule has 9 heteroatoms. The number of hydrogen-bond donors (Lipinski definition) is 0. The molecule has 0 aromatic heterocycles. The molecule has 2 aromatic rings. The molecular formula is C22H20N4O4S. The van der Waals surface area contributed by atoms with Crippen LogP contribution in [0.2, 0.25) is 0 Å². The molecule has 8 nitrogen and oxygen atoms in total. The molecule has 0 saturated carbocycles. The number of ether oxygens (including phenoxy) is 1. The number of anilines is 1. The first-order chi connectivity index (χ1) is 15.0. The van der Waals surface area contributed by atoms with E-state index < -0.39 is 4.92 Å². The first kappa shape index (κ1) is 20.7. The highest BCUT2D eigenvalue weighted by molar-refractivity contribution is 8.18. The number of carbonyl (C=O) groups is 1. The average Bonchev–Trinajstić information content (AvgIpc) is 3.28. The molecule has 1 saturated heterocycles. The van der Waals surface area contributed by atoms with Crippen molar-refractivity contribution in [1.29, 1.82) is 0 Å². The SMILES string of the molecule is CCN1C(=O)C(=CC=C2Oc3ccccc3N2CC)SC1=Nc1cccc([N+](=O)[O-])c1. The Morgan fingerprint density at radius 2 is 1.87 bits per heavy atom. The maximum atomic E-state index is 12.9. The van der Waals surface area contributed by atoms with Crippen LogP contribution in [0, 0.1) is 10.1 Å². The summed E-state index contributed by atoms with van der Waals surface area (Å²) >= 11 is 1.24. The van der Waals surface area contributed by atoms with E-state index in [1.807, 2.05) is 43.0 Å². The van der Waals surface area contributed by atoms with E-state index in [0.29, 0.717) is 28.2 Å². The Morgan fingerprint density at radius 3 is 2.61 bits per heavy atom. The molecule has 2 aromatic carbocycles. The van der Waals surface area contributed by atoms with Gasteiger partial charge in [0.15, 0.2) is 10.9 Å². The molecule has 158 valence electrons. The number of hydrogen-bond acceptors (Lipinski definition) is 7. The van der Waals surface area contributed by atoms with E-state index in [4.69, 9.17) is 4.74 Å². The smallest absolute Gasteiger partial charge is 0.271 e. The van der Waals surface area contributed by atoms with E-state index >= 15 is 0 Å². The molecule has 0 spiro atoms. The topological polar surface area (TPSA) is 88.3 Å². The summed E-state index contributed by atoms with van der Waals surface area (Å²) in [6, 6.07) is 13.8. The van der Waals surface area contributed by atoms with E-state index in [1.165, 1.54) is 23.9 Å². The van der Waals surface area contributed by atoms with Crippen molar-refractivity contribution in [2.45, 2.75) is 13.8 Å². The summed E-state index contributed by atoms with van der Waals surface area (Å²) in [5.41, 5.74) is 1.37. The highest BCUT2D eigenvalue weighted by atomic mass is 32.2. The minimum absolute atomic E-state index is 0.0441. The molecule has 0 aliphatic carbocycles. The molecule has 0 radical (unpaired) electrons. The number of para-hydroxylation sites is 2. The largest absolute Gasteiger partial charge is 0.439 e. The van der Waals surface area contributed by atoms with Crippen molar-refractivity contribution in [2.75, 3.05) is 18.0 Å². The van der Waals surface area contributed by atoms with Crippen LogP contribution in [-0.2, 0) is 4.79 Å². The summed E-state index contributed by atoms with van der Waals surface area (Å²) in [5.74, 6) is 1.27. The summed E-state index contributed by atoms with van der Waals surface area (Å²) in [7, 11) is 0. The van der Waals surface area contributed by atoms with Crippen LogP contribution in [0.15, 0.2) is 76.5 Å².